The van der Waals surface area contributed by atoms with E-state index >= 15 is 0 Å². The smallest absolute Gasteiger partial charge is 0.253 e. The van der Waals surface area contributed by atoms with E-state index in [0.717, 1.165) is 34.7 Å². The third-order valence-corrected chi connectivity index (χ3v) is 5.38. The van der Waals surface area contributed by atoms with Gasteiger partial charge >= 0.3 is 0 Å². The van der Waals surface area contributed by atoms with Crippen LogP contribution in [0.25, 0.3) is 22.6 Å². The summed E-state index contributed by atoms with van der Waals surface area (Å²) in [5.74, 6) is 1.58. The van der Waals surface area contributed by atoms with Crippen molar-refractivity contribution >= 4 is 17.1 Å². The first-order valence-corrected chi connectivity index (χ1v) is 9.53. The summed E-state index contributed by atoms with van der Waals surface area (Å²) in [6.45, 7) is 1.30. The van der Waals surface area contributed by atoms with Gasteiger partial charge in [-0.25, -0.2) is 9.97 Å². The zero-order valence-corrected chi connectivity index (χ0v) is 16.0. The Morgan fingerprint density at radius 2 is 2.07 bits per heavy atom. The van der Waals surface area contributed by atoms with Crippen LogP contribution in [-0.4, -0.2) is 45.5 Å². The van der Waals surface area contributed by atoms with Crippen LogP contribution in [0.4, 0.5) is 0 Å². The first kappa shape index (κ1) is 17.5. The van der Waals surface area contributed by atoms with Gasteiger partial charge in [-0.15, -0.1) is 0 Å². The Balaban J connectivity index is 1.46. The van der Waals surface area contributed by atoms with Crippen LogP contribution in [0.2, 0.25) is 0 Å². The fourth-order valence-electron chi connectivity index (χ4n) is 3.92. The number of likely N-dealkylation sites (tertiary alicyclic amines) is 1. The Bertz CT molecular complexity index is 1150. The normalized spacial score (nSPS) is 16.4. The number of fused-ring (bicyclic) bond motifs is 1. The first-order valence-electron chi connectivity index (χ1n) is 9.53. The number of pyridine rings is 1. The molecule has 1 atom stereocenters. The molecule has 146 valence electrons. The molecule has 7 heteroatoms. The van der Waals surface area contributed by atoms with E-state index in [-0.39, 0.29) is 11.9 Å². The van der Waals surface area contributed by atoms with Crippen LogP contribution in [0.1, 0.15) is 22.8 Å². The van der Waals surface area contributed by atoms with Crippen LogP contribution in [0.15, 0.2) is 65.6 Å². The monoisotopic (exact) mass is 388 g/mol. The predicted octanol–water partition coefficient (Wildman–Crippen LogP) is 3.79. The molecule has 0 saturated carbocycles. The molecule has 5 rings (SSSR count). The Morgan fingerprint density at radius 3 is 2.83 bits per heavy atom. The van der Waals surface area contributed by atoms with Gasteiger partial charge in [0.25, 0.3) is 5.91 Å². The first-order chi connectivity index (χ1) is 14.2. The fourth-order valence-corrected chi connectivity index (χ4v) is 3.92. The van der Waals surface area contributed by atoms with Gasteiger partial charge in [-0.2, -0.15) is 0 Å². The number of amides is 1. The lowest BCUT2D eigenvalue weighted by Crippen LogP contribution is -2.29. The molecule has 4 heterocycles. The molecule has 0 bridgehead atoms. The fraction of sp³-hybridized carbons (Fsp3) is 0.227. The molecule has 1 saturated heterocycles. The average molecular weight is 388 g/mol. The van der Waals surface area contributed by atoms with Crippen molar-refractivity contribution in [3.05, 3.63) is 66.8 Å². The molecule has 7 nitrogen and oxygen atoms in total. The SMILES string of the molecule is COc1ccc(C(=O)N2CC[C@H](n3c(-c4ccoc4)nc4cccnc43)C2)cc1. The summed E-state index contributed by atoms with van der Waals surface area (Å²) < 4.78 is 12.6. The summed E-state index contributed by atoms with van der Waals surface area (Å²) in [5.41, 5.74) is 3.23. The van der Waals surface area contributed by atoms with E-state index in [1.165, 1.54) is 0 Å². The minimum Gasteiger partial charge on any atom is -0.497 e. The number of nitrogens with zero attached hydrogens (tertiary/aromatic N) is 4. The molecular weight excluding hydrogens is 368 g/mol. The maximum Gasteiger partial charge on any atom is 0.253 e. The number of benzene rings is 1. The topological polar surface area (TPSA) is 73.4 Å². The number of furan rings is 1. The Hall–Kier alpha value is -3.61. The van der Waals surface area contributed by atoms with Gasteiger partial charge in [0, 0.05) is 24.8 Å². The standard InChI is InChI=1S/C22H20N4O3/c1-28-18-6-4-15(5-7-18)22(27)25-11-8-17(13-25)26-20(16-9-12-29-14-16)24-19-3-2-10-23-21(19)26/h2-7,9-10,12,14,17H,8,11,13H2,1H3/t17-/m0/s1. The van der Waals surface area contributed by atoms with Crippen molar-refractivity contribution in [2.75, 3.05) is 20.2 Å². The number of methoxy groups -OCH3 is 1. The van der Waals surface area contributed by atoms with Crippen molar-refractivity contribution in [3.63, 3.8) is 0 Å². The highest BCUT2D eigenvalue weighted by Gasteiger charge is 2.31. The van der Waals surface area contributed by atoms with Crippen molar-refractivity contribution < 1.29 is 13.9 Å². The van der Waals surface area contributed by atoms with E-state index < -0.39 is 0 Å². The Kier molecular flexibility index (Phi) is 4.27. The molecule has 0 aliphatic carbocycles. The number of carbonyl (C=O) groups is 1. The zero-order valence-electron chi connectivity index (χ0n) is 16.0. The summed E-state index contributed by atoms with van der Waals surface area (Å²) in [5, 5.41) is 0. The minimum atomic E-state index is 0.0254. The maximum atomic E-state index is 13.0. The predicted molar refractivity (Wildman–Crippen MR) is 108 cm³/mol. The molecule has 0 unspecified atom stereocenters. The van der Waals surface area contributed by atoms with Crippen LogP contribution in [0.3, 0.4) is 0 Å². The molecule has 1 aromatic carbocycles. The Morgan fingerprint density at radius 1 is 1.21 bits per heavy atom. The zero-order chi connectivity index (χ0) is 19.8. The third-order valence-electron chi connectivity index (χ3n) is 5.38. The van der Waals surface area contributed by atoms with E-state index in [4.69, 9.17) is 14.1 Å². The maximum absolute atomic E-state index is 13.0. The summed E-state index contributed by atoms with van der Waals surface area (Å²) in [6, 6.07) is 13.1. The second-order valence-electron chi connectivity index (χ2n) is 7.09. The van der Waals surface area contributed by atoms with Crippen molar-refractivity contribution in [2.24, 2.45) is 0 Å². The van der Waals surface area contributed by atoms with Gasteiger partial charge in [0.15, 0.2) is 5.65 Å². The number of aromatic nitrogens is 3. The molecule has 1 aliphatic rings. The van der Waals surface area contributed by atoms with Gasteiger partial charge < -0.3 is 18.6 Å². The van der Waals surface area contributed by atoms with E-state index in [2.05, 4.69) is 9.55 Å². The van der Waals surface area contributed by atoms with Crippen LogP contribution >= 0.6 is 0 Å². The second kappa shape index (κ2) is 7.09. The van der Waals surface area contributed by atoms with Crippen LogP contribution < -0.4 is 4.74 Å². The summed E-state index contributed by atoms with van der Waals surface area (Å²) in [7, 11) is 1.61. The molecule has 1 aliphatic heterocycles. The number of rotatable bonds is 4. The Labute approximate surface area is 167 Å². The number of imidazole rings is 1. The molecule has 1 fully saturated rings. The van der Waals surface area contributed by atoms with E-state index in [9.17, 15) is 4.79 Å². The van der Waals surface area contributed by atoms with Crippen molar-refractivity contribution in [1.82, 2.24) is 19.4 Å². The molecule has 0 spiro atoms. The average Bonchev–Trinajstić information content (AvgIpc) is 3.52. The largest absolute Gasteiger partial charge is 0.497 e. The lowest BCUT2D eigenvalue weighted by molar-refractivity contribution is 0.0788. The van der Waals surface area contributed by atoms with Gasteiger partial charge in [-0.3, -0.25) is 4.79 Å². The third kappa shape index (κ3) is 3.04. The van der Waals surface area contributed by atoms with Gasteiger partial charge in [0.1, 0.15) is 23.4 Å². The van der Waals surface area contributed by atoms with E-state index in [1.807, 2.05) is 35.2 Å². The molecule has 4 aromatic rings. The summed E-state index contributed by atoms with van der Waals surface area (Å²) in [6.07, 6.45) is 5.94. The lowest BCUT2D eigenvalue weighted by atomic mass is 10.2. The van der Waals surface area contributed by atoms with Gasteiger partial charge in [0.05, 0.1) is 25.0 Å². The summed E-state index contributed by atoms with van der Waals surface area (Å²) >= 11 is 0. The van der Waals surface area contributed by atoms with Gasteiger partial charge in [-0.1, -0.05) is 0 Å². The lowest BCUT2D eigenvalue weighted by Gasteiger charge is -2.18. The van der Waals surface area contributed by atoms with Crippen LogP contribution in [0.5, 0.6) is 5.75 Å². The number of ether oxygens (including phenoxy) is 1. The molecule has 1 amide bonds. The summed E-state index contributed by atoms with van der Waals surface area (Å²) in [4.78, 5) is 24.2. The number of hydrogen-bond donors (Lipinski definition) is 0. The molecule has 3 aromatic heterocycles. The number of hydrogen-bond acceptors (Lipinski definition) is 5. The van der Waals surface area contributed by atoms with E-state index in [1.54, 1.807) is 38.0 Å². The quantitative estimate of drug-likeness (QED) is 0.532. The van der Waals surface area contributed by atoms with E-state index in [0.29, 0.717) is 18.7 Å². The highest BCUT2D eigenvalue weighted by atomic mass is 16.5. The highest BCUT2D eigenvalue weighted by molar-refractivity contribution is 5.94. The molecule has 0 radical (unpaired) electrons. The molecule has 0 N–H and O–H groups in total. The number of carbonyl (C=O) groups excluding carboxylic acids is 1. The molecule has 29 heavy (non-hydrogen) atoms. The van der Waals surface area contributed by atoms with Crippen LogP contribution in [0, 0.1) is 0 Å². The van der Waals surface area contributed by atoms with Crippen molar-refractivity contribution in [2.45, 2.75) is 12.5 Å². The van der Waals surface area contributed by atoms with Gasteiger partial charge in [-0.05, 0) is 48.9 Å². The van der Waals surface area contributed by atoms with Crippen molar-refractivity contribution in [1.29, 1.82) is 0 Å². The van der Waals surface area contributed by atoms with Crippen LogP contribution in [-0.2, 0) is 0 Å². The molecular formula is C22H20N4O3. The van der Waals surface area contributed by atoms with Gasteiger partial charge in [0.2, 0.25) is 0 Å². The second-order valence-corrected chi connectivity index (χ2v) is 7.09. The highest BCUT2D eigenvalue weighted by Crippen LogP contribution is 2.32. The van der Waals surface area contributed by atoms with Crippen molar-refractivity contribution in [3.8, 4) is 17.1 Å². The minimum absolute atomic E-state index is 0.0254.